The zero-order chi connectivity index (χ0) is 15.2. The summed E-state index contributed by atoms with van der Waals surface area (Å²) in [4.78, 5) is 15.5. The second-order valence-corrected chi connectivity index (χ2v) is 4.95. The number of amides is 1. The van der Waals surface area contributed by atoms with Crippen LogP contribution >= 0.6 is 0 Å². The molecule has 1 N–H and O–H groups in total. The molecule has 1 heterocycles. The van der Waals surface area contributed by atoms with Crippen LogP contribution < -0.4 is 10.00 Å². The van der Waals surface area contributed by atoms with E-state index in [1.165, 1.54) is 0 Å². The molecule has 0 fully saturated rings. The van der Waals surface area contributed by atoms with Gasteiger partial charge in [-0.2, -0.15) is 4.68 Å². The van der Waals surface area contributed by atoms with Gasteiger partial charge in [0.1, 0.15) is 6.54 Å². The fourth-order valence-corrected chi connectivity index (χ4v) is 2.25. The van der Waals surface area contributed by atoms with Gasteiger partial charge in [0.25, 0.3) is 5.91 Å². The predicted octanol–water partition coefficient (Wildman–Crippen LogP) is 1.95. The summed E-state index contributed by atoms with van der Waals surface area (Å²) in [6.45, 7) is 12.0. The lowest BCUT2D eigenvalue weighted by atomic mass is 10.1. The molecule has 0 unspecified atom stereocenters. The fourth-order valence-electron chi connectivity index (χ4n) is 2.25. The van der Waals surface area contributed by atoms with Crippen molar-refractivity contribution in [2.75, 3.05) is 11.9 Å². The molecule has 0 radical (unpaired) electrons. The highest BCUT2D eigenvalue weighted by atomic mass is 16.2. The summed E-state index contributed by atoms with van der Waals surface area (Å²) >= 11 is 0. The average Bonchev–Trinajstić information content (AvgIpc) is 2.88. The molecule has 0 bridgehead atoms. The van der Waals surface area contributed by atoms with Crippen molar-refractivity contribution in [2.45, 2.75) is 26.9 Å². The van der Waals surface area contributed by atoms with E-state index >= 15 is 0 Å². The smallest absolute Gasteiger partial charge is 0.292 e. The minimum Gasteiger partial charge on any atom is -0.320 e. The van der Waals surface area contributed by atoms with Crippen LogP contribution in [0.5, 0.6) is 0 Å². The number of nitrogens with one attached hydrogen (secondary N) is 1. The Balaban J connectivity index is 2.06. The number of nitrogens with zero attached hydrogens (tertiary/aromatic N) is 3. The first kappa shape index (κ1) is 14.8. The molecule has 0 aliphatic carbocycles. The van der Waals surface area contributed by atoms with Gasteiger partial charge in [0.05, 0.1) is 6.20 Å². The van der Waals surface area contributed by atoms with Crippen molar-refractivity contribution in [3.05, 3.63) is 59.2 Å². The van der Waals surface area contributed by atoms with Crippen LogP contribution in [0.4, 0.5) is 5.69 Å². The van der Waals surface area contributed by atoms with Gasteiger partial charge in [-0.25, -0.2) is 6.57 Å². The minimum atomic E-state index is -0.0693. The standard InChI is InChI=1S/C16H18N4O/c1-13-6-4-7-14(2)16(13)18-15(21)12-20-10-5-9-19(20)11-8-17-3/h4-7,9-10H,8,11-12H2,1-2H3/p+1. The first-order chi connectivity index (χ1) is 10.1. The zero-order valence-corrected chi connectivity index (χ0v) is 12.3. The molecule has 0 spiro atoms. The number of hydrogen-bond acceptors (Lipinski definition) is 1. The quantitative estimate of drug-likeness (QED) is 0.661. The van der Waals surface area contributed by atoms with Crippen LogP contribution in [0, 0.1) is 20.4 Å². The van der Waals surface area contributed by atoms with Crippen LogP contribution in [-0.4, -0.2) is 17.1 Å². The molecule has 2 aromatic rings. The highest BCUT2D eigenvalue weighted by molar-refractivity contribution is 5.91. The van der Waals surface area contributed by atoms with Gasteiger partial charge in [-0.05, 0) is 25.0 Å². The van der Waals surface area contributed by atoms with Crippen molar-refractivity contribution >= 4 is 11.6 Å². The Hall–Kier alpha value is -2.61. The molecule has 108 valence electrons. The van der Waals surface area contributed by atoms with Gasteiger partial charge >= 0.3 is 0 Å². The highest BCUT2D eigenvalue weighted by Gasteiger charge is 2.16. The number of rotatable bonds is 5. The lowest BCUT2D eigenvalue weighted by molar-refractivity contribution is -0.763. The Morgan fingerprint density at radius 1 is 1.33 bits per heavy atom. The van der Waals surface area contributed by atoms with E-state index < -0.39 is 0 Å². The van der Waals surface area contributed by atoms with Gasteiger partial charge in [0, 0.05) is 11.8 Å². The molecule has 2 rings (SSSR count). The number of hydrogen-bond donors (Lipinski definition) is 1. The van der Waals surface area contributed by atoms with Gasteiger partial charge in [-0.1, -0.05) is 18.2 Å². The molecule has 5 heteroatoms. The Bertz CT molecular complexity index is 662. The summed E-state index contributed by atoms with van der Waals surface area (Å²) in [5.41, 5.74) is 2.98. The monoisotopic (exact) mass is 283 g/mol. The Morgan fingerprint density at radius 2 is 2.05 bits per heavy atom. The maximum Gasteiger partial charge on any atom is 0.292 e. The number of anilines is 1. The van der Waals surface area contributed by atoms with E-state index in [-0.39, 0.29) is 12.5 Å². The summed E-state index contributed by atoms with van der Waals surface area (Å²) < 4.78 is 3.69. The van der Waals surface area contributed by atoms with Crippen LogP contribution in [0.1, 0.15) is 11.1 Å². The van der Waals surface area contributed by atoms with Gasteiger partial charge in [-0.3, -0.25) is 4.79 Å². The van der Waals surface area contributed by atoms with E-state index in [9.17, 15) is 4.79 Å². The SMILES string of the molecule is [C-]#[N+]CCn1ccc[n+]1CC(=O)Nc1c(C)cccc1C. The number of carbonyl (C=O) groups is 1. The van der Waals surface area contributed by atoms with Gasteiger partial charge < -0.3 is 10.2 Å². The Kier molecular flexibility index (Phi) is 4.72. The Morgan fingerprint density at radius 3 is 2.71 bits per heavy atom. The maximum absolute atomic E-state index is 12.2. The van der Waals surface area contributed by atoms with Gasteiger partial charge in [0.15, 0.2) is 6.20 Å². The molecule has 1 aromatic carbocycles. The molecule has 1 aromatic heterocycles. The van der Waals surface area contributed by atoms with Crippen molar-refractivity contribution in [2.24, 2.45) is 0 Å². The van der Waals surface area contributed by atoms with Crippen molar-refractivity contribution in [3.63, 3.8) is 0 Å². The number of aromatic nitrogens is 2. The summed E-state index contributed by atoms with van der Waals surface area (Å²) in [6, 6.07) is 7.81. The molecule has 0 atom stereocenters. The minimum absolute atomic E-state index is 0.0693. The summed E-state index contributed by atoms with van der Waals surface area (Å²) in [5, 5.41) is 2.97. The number of benzene rings is 1. The van der Waals surface area contributed by atoms with Crippen LogP contribution in [0.15, 0.2) is 36.7 Å². The molecule has 0 aliphatic heterocycles. The molecular formula is C16H19N4O+. The third-order valence-electron chi connectivity index (χ3n) is 3.34. The predicted molar refractivity (Wildman–Crippen MR) is 80.6 cm³/mol. The van der Waals surface area contributed by atoms with Crippen LogP contribution in [-0.2, 0) is 17.9 Å². The van der Waals surface area contributed by atoms with Crippen molar-refractivity contribution in [3.8, 4) is 0 Å². The van der Waals surface area contributed by atoms with E-state index in [1.807, 2.05) is 59.9 Å². The third kappa shape index (κ3) is 3.69. The van der Waals surface area contributed by atoms with Crippen LogP contribution in [0.2, 0.25) is 0 Å². The van der Waals surface area contributed by atoms with Gasteiger partial charge in [0.2, 0.25) is 13.1 Å². The molecule has 0 saturated heterocycles. The molecule has 5 nitrogen and oxygen atoms in total. The van der Waals surface area contributed by atoms with Crippen molar-refractivity contribution < 1.29 is 9.48 Å². The lowest BCUT2D eigenvalue weighted by Gasteiger charge is -2.10. The fraction of sp³-hybridized carbons (Fsp3) is 0.312. The van der Waals surface area contributed by atoms with Crippen LogP contribution in [0.25, 0.3) is 4.85 Å². The summed E-state index contributed by atoms with van der Waals surface area (Å²) in [5.74, 6) is -0.0693. The molecular weight excluding hydrogens is 264 g/mol. The highest BCUT2D eigenvalue weighted by Crippen LogP contribution is 2.19. The second kappa shape index (κ2) is 6.71. The van der Waals surface area contributed by atoms with Crippen LogP contribution in [0.3, 0.4) is 0 Å². The first-order valence-corrected chi connectivity index (χ1v) is 6.86. The van der Waals surface area contributed by atoms with Gasteiger partial charge in [-0.15, -0.1) is 4.68 Å². The Labute approximate surface area is 124 Å². The lowest BCUT2D eigenvalue weighted by Crippen LogP contribution is -2.47. The van der Waals surface area contributed by atoms with Crippen molar-refractivity contribution in [1.29, 1.82) is 0 Å². The largest absolute Gasteiger partial charge is 0.320 e. The molecule has 0 aliphatic rings. The molecule has 0 saturated carbocycles. The molecule has 1 amide bonds. The van der Waals surface area contributed by atoms with E-state index in [2.05, 4.69) is 10.2 Å². The summed E-state index contributed by atoms with van der Waals surface area (Å²) in [6.07, 6.45) is 3.71. The molecule has 21 heavy (non-hydrogen) atoms. The number of para-hydroxylation sites is 1. The van der Waals surface area contributed by atoms with E-state index in [4.69, 9.17) is 6.57 Å². The van der Waals surface area contributed by atoms with E-state index in [1.54, 1.807) is 0 Å². The maximum atomic E-state index is 12.2. The second-order valence-electron chi connectivity index (χ2n) is 4.95. The van der Waals surface area contributed by atoms with Crippen molar-refractivity contribution in [1.82, 2.24) is 4.68 Å². The topological polar surface area (TPSA) is 42.3 Å². The van der Waals surface area contributed by atoms with E-state index in [0.29, 0.717) is 13.1 Å². The third-order valence-corrected chi connectivity index (χ3v) is 3.34. The number of aryl methyl sites for hydroxylation is 2. The summed E-state index contributed by atoms with van der Waals surface area (Å²) in [7, 11) is 0. The first-order valence-electron chi connectivity index (χ1n) is 6.86. The average molecular weight is 283 g/mol. The normalized spacial score (nSPS) is 10.1. The zero-order valence-electron chi connectivity index (χ0n) is 12.3. The van der Waals surface area contributed by atoms with E-state index in [0.717, 1.165) is 16.8 Å². The number of carbonyl (C=O) groups excluding carboxylic acids is 1.